The van der Waals surface area contributed by atoms with E-state index >= 15 is 0 Å². The molecule has 1 aliphatic rings. The summed E-state index contributed by atoms with van der Waals surface area (Å²) in [6, 6.07) is 17.0. The Morgan fingerprint density at radius 1 is 1.05 bits per heavy atom. The Bertz CT molecular complexity index is 622. The molecule has 2 aromatic rings. The molecule has 0 radical (unpaired) electrons. The summed E-state index contributed by atoms with van der Waals surface area (Å²) >= 11 is 0. The summed E-state index contributed by atoms with van der Waals surface area (Å²) in [5.74, 6) is 1.40. The van der Waals surface area contributed by atoms with Crippen LogP contribution in [0.15, 0.2) is 54.6 Å². The van der Waals surface area contributed by atoms with Crippen molar-refractivity contribution >= 4 is 11.6 Å². The lowest BCUT2D eigenvalue weighted by atomic mass is 10.0. The number of ether oxygens (including phenoxy) is 1. The highest BCUT2D eigenvalue weighted by Gasteiger charge is 2.21. The fraction of sp³-hybridized carbons (Fsp3) is 0.278. The number of amides is 1. The van der Waals surface area contributed by atoms with Gasteiger partial charge in [0.25, 0.3) is 0 Å². The molecule has 0 bridgehead atoms. The summed E-state index contributed by atoms with van der Waals surface area (Å²) in [6.07, 6.45) is 3.11. The molecule has 4 heteroatoms. The van der Waals surface area contributed by atoms with Crippen molar-refractivity contribution < 1.29 is 9.53 Å². The average molecular weight is 296 g/mol. The van der Waals surface area contributed by atoms with Crippen LogP contribution >= 0.6 is 0 Å². The first-order valence-corrected chi connectivity index (χ1v) is 7.69. The molecule has 1 aliphatic heterocycles. The van der Waals surface area contributed by atoms with E-state index in [0.717, 1.165) is 31.6 Å². The molecule has 114 valence electrons. The number of benzene rings is 2. The van der Waals surface area contributed by atoms with Crippen LogP contribution < -0.4 is 15.4 Å². The lowest BCUT2D eigenvalue weighted by molar-refractivity contribution is -0.118. The van der Waals surface area contributed by atoms with E-state index in [-0.39, 0.29) is 11.9 Å². The average Bonchev–Trinajstić information content (AvgIpc) is 2.58. The predicted molar refractivity (Wildman–Crippen MR) is 87.2 cm³/mol. The molecule has 0 spiro atoms. The Labute approximate surface area is 130 Å². The molecule has 1 atom stereocenters. The number of nitrogens with one attached hydrogen (secondary N) is 2. The second-order valence-electron chi connectivity index (χ2n) is 5.40. The zero-order chi connectivity index (χ0) is 15.2. The molecule has 2 aromatic carbocycles. The molecule has 1 saturated heterocycles. The van der Waals surface area contributed by atoms with Gasteiger partial charge < -0.3 is 15.4 Å². The fourth-order valence-corrected chi connectivity index (χ4v) is 2.57. The van der Waals surface area contributed by atoms with Crippen molar-refractivity contribution in [2.24, 2.45) is 0 Å². The van der Waals surface area contributed by atoms with Gasteiger partial charge in [-0.05, 0) is 43.7 Å². The van der Waals surface area contributed by atoms with Crippen LogP contribution in [0.2, 0.25) is 0 Å². The number of para-hydroxylation sites is 3. The maximum absolute atomic E-state index is 12.3. The second-order valence-corrected chi connectivity index (χ2v) is 5.40. The molecule has 3 rings (SSSR count). The van der Waals surface area contributed by atoms with E-state index in [9.17, 15) is 4.79 Å². The van der Waals surface area contributed by atoms with Gasteiger partial charge in [-0.25, -0.2) is 0 Å². The SMILES string of the molecule is O=C(Nc1ccccc1Oc1ccccc1)C1CCCCN1. The third kappa shape index (κ3) is 3.65. The molecule has 0 saturated carbocycles. The first kappa shape index (κ1) is 14.6. The van der Waals surface area contributed by atoms with E-state index in [2.05, 4.69) is 10.6 Å². The number of rotatable bonds is 4. The summed E-state index contributed by atoms with van der Waals surface area (Å²) in [5, 5.41) is 6.23. The van der Waals surface area contributed by atoms with Gasteiger partial charge in [0, 0.05) is 0 Å². The molecule has 0 aliphatic carbocycles. The molecular weight excluding hydrogens is 276 g/mol. The Morgan fingerprint density at radius 2 is 1.82 bits per heavy atom. The first-order chi connectivity index (χ1) is 10.8. The molecule has 1 amide bonds. The Morgan fingerprint density at radius 3 is 2.59 bits per heavy atom. The predicted octanol–water partition coefficient (Wildman–Crippen LogP) is 3.56. The van der Waals surface area contributed by atoms with Crippen molar-refractivity contribution in [3.63, 3.8) is 0 Å². The highest BCUT2D eigenvalue weighted by molar-refractivity contribution is 5.96. The van der Waals surface area contributed by atoms with Gasteiger partial charge in [-0.3, -0.25) is 4.79 Å². The van der Waals surface area contributed by atoms with E-state index in [0.29, 0.717) is 11.4 Å². The number of anilines is 1. The normalized spacial score (nSPS) is 17.7. The minimum absolute atomic E-state index is 0.00353. The van der Waals surface area contributed by atoms with E-state index in [1.54, 1.807) is 0 Å². The second kappa shape index (κ2) is 7.09. The van der Waals surface area contributed by atoms with Gasteiger partial charge in [0.15, 0.2) is 5.75 Å². The Balaban J connectivity index is 1.72. The number of carbonyl (C=O) groups excluding carboxylic acids is 1. The van der Waals surface area contributed by atoms with Gasteiger partial charge in [0.2, 0.25) is 5.91 Å². The molecular formula is C18H20N2O2. The molecule has 22 heavy (non-hydrogen) atoms. The minimum Gasteiger partial charge on any atom is -0.455 e. The van der Waals surface area contributed by atoms with Crippen LogP contribution in [0.3, 0.4) is 0 Å². The van der Waals surface area contributed by atoms with Crippen LogP contribution in [0.1, 0.15) is 19.3 Å². The van der Waals surface area contributed by atoms with Gasteiger partial charge in [-0.2, -0.15) is 0 Å². The third-order valence-electron chi connectivity index (χ3n) is 3.74. The largest absolute Gasteiger partial charge is 0.455 e. The van der Waals surface area contributed by atoms with Crippen LogP contribution in [-0.4, -0.2) is 18.5 Å². The van der Waals surface area contributed by atoms with Crippen molar-refractivity contribution in [1.82, 2.24) is 5.32 Å². The van der Waals surface area contributed by atoms with Gasteiger partial charge in [-0.1, -0.05) is 36.8 Å². The summed E-state index contributed by atoms with van der Waals surface area (Å²) in [6.45, 7) is 0.903. The quantitative estimate of drug-likeness (QED) is 0.907. The smallest absolute Gasteiger partial charge is 0.241 e. The number of piperidine rings is 1. The van der Waals surface area contributed by atoms with Crippen LogP contribution in [0.25, 0.3) is 0 Å². The van der Waals surface area contributed by atoms with Crippen LogP contribution in [0.5, 0.6) is 11.5 Å². The molecule has 4 nitrogen and oxygen atoms in total. The van der Waals surface area contributed by atoms with Crippen molar-refractivity contribution in [1.29, 1.82) is 0 Å². The minimum atomic E-state index is -0.112. The molecule has 1 heterocycles. The van der Waals surface area contributed by atoms with E-state index in [4.69, 9.17) is 4.74 Å². The topological polar surface area (TPSA) is 50.4 Å². The van der Waals surface area contributed by atoms with Gasteiger partial charge >= 0.3 is 0 Å². The van der Waals surface area contributed by atoms with E-state index in [1.807, 2.05) is 54.6 Å². The Kier molecular flexibility index (Phi) is 4.71. The summed E-state index contributed by atoms with van der Waals surface area (Å²) in [5.41, 5.74) is 0.698. The number of carbonyl (C=O) groups is 1. The van der Waals surface area contributed by atoms with Crippen molar-refractivity contribution in [2.45, 2.75) is 25.3 Å². The maximum Gasteiger partial charge on any atom is 0.241 e. The monoisotopic (exact) mass is 296 g/mol. The van der Waals surface area contributed by atoms with Gasteiger partial charge in [0.05, 0.1) is 11.7 Å². The zero-order valence-corrected chi connectivity index (χ0v) is 12.4. The van der Waals surface area contributed by atoms with Crippen LogP contribution in [0, 0.1) is 0 Å². The van der Waals surface area contributed by atoms with E-state index < -0.39 is 0 Å². The maximum atomic E-state index is 12.3. The molecule has 2 N–H and O–H groups in total. The summed E-state index contributed by atoms with van der Waals surface area (Å²) in [4.78, 5) is 12.3. The van der Waals surface area contributed by atoms with Crippen molar-refractivity contribution in [3.05, 3.63) is 54.6 Å². The molecule has 1 unspecified atom stereocenters. The zero-order valence-electron chi connectivity index (χ0n) is 12.4. The molecule has 1 fully saturated rings. The fourth-order valence-electron chi connectivity index (χ4n) is 2.57. The van der Waals surface area contributed by atoms with E-state index in [1.165, 1.54) is 0 Å². The van der Waals surface area contributed by atoms with Gasteiger partial charge in [-0.15, -0.1) is 0 Å². The lowest BCUT2D eigenvalue weighted by Crippen LogP contribution is -2.43. The standard InChI is InChI=1S/C18H20N2O2/c21-18(16-11-6-7-13-19-16)20-15-10-4-5-12-17(15)22-14-8-2-1-3-9-14/h1-5,8-10,12,16,19H,6-7,11,13H2,(H,20,21). The Hall–Kier alpha value is -2.33. The lowest BCUT2D eigenvalue weighted by Gasteiger charge is -2.23. The summed E-state index contributed by atoms with van der Waals surface area (Å²) in [7, 11) is 0. The number of hydrogen-bond donors (Lipinski definition) is 2. The van der Waals surface area contributed by atoms with Crippen LogP contribution in [0.4, 0.5) is 5.69 Å². The van der Waals surface area contributed by atoms with Gasteiger partial charge in [0.1, 0.15) is 5.75 Å². The van der Waals surface area contributed by atoms with Crippen LogP contribution in [-0.2, 0) is 4.79 Å². The van der Waals surface area contributed by atoms with Crippen molar-refractivity contribution in [3.8, 4) is 11.5 Å². The summed E-state index contributed by atoms with van der Waals surface area (Å²) < 4.78 is 5.86. The van der Waals surface area contributed by atoms with Crippen molar-refractivity contribution in [2.75, 3.05) is 11.9 Å². The third-order valence-corrected chi connectivity index (χ3v) is 3.74. The first-order valence-electron chi connectivity index (χ1n) is 7.69. The highest BCUT2D eigenvalue weighted by Crippen LogP contribution is 2.29. The number of hydrogen-bond acceptors (Lipinski definition) is 3. The highest BCUT2D eigenvalue weighted by atomic mass is 16.5. The molecule has 0 aromatic heterocycles.